The highest BCUT2D eigenvalue weighted by atomic mass is 32.2. The first-order valence-electron chi connectivity index (χ1n) is 7.14. The quantitative estimate of drug-likeness (QED) is 0.838. The van der Waals surface area contributed by atoms with Gasteiger partial charge in [-0.2, -0.15) is 11.8 Å². The normalized spacial score (nSPS) is 32.3. The lowest BCUT2D eigenvalue weighted by molar-refractivity contribution is -0.138. The fraction of sp³-hybridized carbons (Fsp3) is 0.929. The molecule has 1 aliphatic carbocycles. The first-order valence-corrected chi connectivity index (χ1v) is 8.08. The predicted octanol–water partition coefficient (Wildman–Crippen LogP) is 2.42. The molecule has 0 bridgehead atoms. The van der Waals surface area contributed by atoms with Gasteiger partial charge in [0.15, 0.2) is 0 Å². The Hall–Kier alpha value is -0.220. The third kappa shape index (κ3) is 3.64. The first kappa shape index (κ1) is 14.2. The molecule has 1 N–H and O–H groups in total. The van der Waals surface area contributed by atoms with Crippen molar-refractivity contribution in [1.82, 2.24) is 4.90 Å². The third-order valence-electron chi connectivity index (χ3n) is 4.04. The molecule has 1 heterocycles. The monoisotopic (exact) mass is 271 g/mol. The zero-order valence-electron chi connectivity index (χ0n) is 11.5. The Balaban J connectivity index is 1.90. The summed E-state index contributed by atoms with van der Waals surface area (Å²) < 4.78 is 0. The Bertz CT molecular complexity index is 292. The van der Waals surface area contributed by atoms with Gasteiger partial charge in [0.1, 0.15) is 0 Å². The van der Waals surface area contributed by atoms with Crippen LogP contribution in [-0.4, -0.2) is 45.1 Å². The molecule has 0 aromatic rings. The number of hydrogen-bond acceptors (Lipinski definition) is 3. The van der Waals surface area contributed by atoms with Crippen LogP contribution in [0.3, 0.4) is 0 Å². The average Bonchev–Trinajstić information content (AvgIpc) is 2.28. The molecule has 2 aliphatic rings. The van der Waals surface area contributed by atoms with E-state index in [1.54, 1.807) is 0 Å². The summed E-state index contributed by atoms with van der Waals surface area (Å²) >= 11 is 1.95. The van der Waals surface area contributed by atoms with Crippen molar-refractivity contribution >= 4 is 17.7 Å². The van der Waals surface area contributed by atoms with Crippen LogP contribution in [0.25, 0.3) is 0 Å². The highest BCUT2D eigenvalue weighted by Crippen LogP contribution is 2.32. The molecule has 2 atom stereocenters. The van der Waals surface area contributed by atoms with Crippen LogP contribution in [0, 0.1) is 0 Å². The van der Waals surface area contributed by atoms with Gasteiger partial charge in [-0.15, -0.1) is 0 Å². The van der Waals surface area contributed by atoms with Crippen molar-refractivity contribution in [2.75, 3.05) is 13.1 Å². The number of rotatable bonds is 2. The summed E-state index contributed by atoms with van der Waals surface area (Å²) in [5.41, 5.74) is -0.716. The molecule has 0 radical (unpaired) electrons. The van der Waals surface area contributed by atoms with E-state index in [4.69, 9.17) is 0 Å². The number of nitrogens with zero attached hydrogens (tertiary/aromatic N) is 1. The molecule has 1 saturated heterocycles. The maximum absolute atomic E-state index is 12.3. The summed E-state index contributed by atoms with van der Waals surface area (Å²) in [6.45, 7) is 6.03. The van der Waals surface area contributed by atoms with Gasteiger partial charge in [-0.1, -0.05) is 33.1 Å². The molecule has 3 nitrogen and oxygen atoms in total. The van der Waals surface area contributed by atoms with Crippen molar-refractivity contribution in [3.63, 3.8) is 0 Å². The van der Waals surface area contributed by atoms with E-state index in [-0.39, 0.29) is 5.91 Å². The standard InChI is InChI=1S/C14H25NO2S/c1-11-9-15(10-12(2)18-11)13(16)8-14(17)6-4-3-5-7-14/h11-12,17H,3-10H2,1-2H3. The van der Waals surface area contributed by atoms with Crippen LogP contribution < -0.4 is 0 Å². The molecule has 0 aromatic heterocycles. The maximum Gasteiger partial charge on any atom is 0.225 e. The second-order valence-electron chi connectivity index (χ2n) is 6.02. The highest BCUT2D eigenvalue weighted by molar-refractivity contribution is 8.00. The molecule has 4 heteroatoms. The van der Waals surface area contributed by atoms with Crippen LogP contribution in [0.1, 0.15) is 52.4 Å². The van der Waals surface area contributed by atoms with Crippen LogP contribution in [0.15, 0.2) is 0 Å². The number of carbonyl (C=O) groups is 1. The lowest BCUT2D eigenvalue weighted by atomic mass is 9.82. The largest absolute Gasteiger partial charge is 0.389 e. The van der Waals surface area contributed by atoms with Crippen molar-refractivity contribution in [3.05, 3.63) is 0 Å². The van der Waals surface area contributed by atoms with E-state index < -0.39 is 5.60 Å². The Morgan fingerprint density at radius 2 is 1.78 bits per heavy atom. The smallest absolute Gasteiger partial charge is 0.225 e. The molecule has 104 valence electrons. The van der Waals surface area contributed by atoms with E-state index in [0.29, 0.717) is 16.9 Å². The van der Waals surface area contributed by atoms with Crippen LogP contribution in [0.2, 0.25) is 0 Å². The fourth-order valence-electron chi connectivity index (χ4n) is 3.16. The Kier molecular flexibility index (Phi) is 4.59. The van der Waals surface area contributed by atoms with Gasteiger partial charge in [-0.25, -0.2) is 0 Å². The second-order valence-corrected chi connectivity index (χ2v) is 7.90. The molecule has 1 amide bonds. The molecular formula is C14H25NO2S. The van der Waals surface area contributed by atoms with Crippen molar-refractivity contribution in [1.29, 1.82) is 0 Å². The first-order chi connectivity index (χ1) is 8.48. The van der Waals surface area contributed by atoms with Gasteiger partial charge < -0.3 is 10.0 Å². The average molecular weight is 271 g/mol. The van der Waals surface area contributed by atoms with E-state index in [9.17, 15) is 9.90 Å². The zero-order valence-corrected chi connectivity index (χ0v) is 12.3. The Morgan fingerprint density at radius 3 is 2.33 bits per heavy atom. The van der Waals surface area contributed by atoms with Crippen LogP contribution in [0.5, 0.6) is 0 Å². The summed E-state index contributed by atoms with van der Waals surface area (Å²) in [7, 11) is 0. The summed E-state index contributed by atoms with van der Waals surface area (Å²) in [4.78, 5) is 14.3. The molecule has 18 heavy (non-hydrogen) atoms. The molecule has 0 spiro atoms. The highest BCUT2D eigenvalue weighted by Gasteiger charge is 2.35. The minimum absolute atomic E-state index is 0.151. The topological polar surface area (TPSA) is 40.5 Å². The fourth-order valence-corrected chi connectivity index (χ4v) is 4.49. The molecule has 1 saturated carbocycles. The summed E-state index contributed by atoms with van der Waals surface area (Å²) in [5.74, 6) is 0.151. The van der Waals surface area contributed by atoms with Gasteiger partial charge in [0.25, 0.3) is 0 Å². The summed E-state index contributed by atoms with van der Waals surface area (Å²) in [6.07, 6.45) is 5.25. The molecular weight excluding hydrogens is 246 g/mol. The van der Waals surface area contributed by atoms with Crippen LogP contribution >= 0.6 is 11.8 Å². The van der Waals surface area contributed by atoms with Crippen molar-refractivity contribution in [3.8, 4) is 0 Å². The molecule has 2 rings (SSSR count). The summed E-state index contributed by atoms with van der Waals surface area (Å²) in [5, 5.41) is 11.5. The van der Waals surface area contributed by atoms with Crippen molar-refractivity contribution in [2.45, 2.75) is 68.5 Å². The van der Waals surface area contributed by atoms with Gasteiger partial charge in [-0.3, -0.25) is 4.79 Å². The van der Waals surface area contributed by atoms with E-state index in [1.807, 2.05) is 16.7 Å². The zero-order chi connectivity index (χ0) is 13.2. The van der Waals surface area contributed by atoms with E-state index in [2.05, 4.69) is 13.8 Å². The number of carbonyl (C=O) groups excluding carboxylic acids is 1. The minimum Gasteiger partial charge on any atom is -0.389 e. The predicted molar refractivity (Wildman–Crippen MR) is 75.7 cm³/mol. The van der Waals surface area contributed by atoms with Gasteiger partial charge in [0, 0.05) is 23.6 Å². The second kappa shape index (κ2) is 5.83. The van der Waals surface area contributed by atoms with Crippen molar-refractivity contribution < 1.29 is 9.90 Å². The van der Waals surface area contributed by atoms with Crippen LogP contribution in [-0.2, 0) is 4.79 Å². The number of amides is 1. The van der Waals surface area contributed by atoms with E-state index in [0.717, 1.165) is 38.8 Å². The Labute approximate surface area is 114 Å². The van der Waals surface area contributed by atoms with Crippen molar-refractivity contribution in [2.24, 2.45) is 0 Å². The number of aliphatic hydroxyl groups is 1. The number of thioether (sulfide) groups is 1. The third-order valence-corrected chi connectivity index (χ3v) is 5.26. The SMILES string of the molecule is CC1CN(C(=O)CC2(O)CCCCC2)CC(C)S1. The van der Waals surface area contributed by atoms with Gasteiger partial charge >= 0.3 is 0 Å². The van der Waals surface area contributed by atoms with Gasteiger partial charge in [-0.05, 0) is 12.8 Å². The molecule has 2 unspecified atom stereocenters. The van der Waals surface area contributed by atoms with Crippen LogP contribution in [0.4, 0.5) is 0 Å². The lowest BCUT2D eigenvalue weighted by Gasteiger charge is -2.38. The molecule has 2 fully saturated rings. The van der Waals surface area contributed by atoms with E-state index in [1.165, 1.54) is 6.42 Å². The Morgan fingerprint density at radius 1 is 1.22 bits per heavy atom. The number of hydrogen-bond donors (Lipinski definition) is 1. The molecule has 1 aliphatic heterocycles. The lowest BCUT2D eigenvalue weighted by Crippen LogP contribution is -2.47. The minimum atomic E-state index is -0.716. The van der Waals surface area contributed by atoms with Gasteiger partial charge in [0.05, 0.1) is 12.0 Å². The molecule has 0 aromatic carbocycles. The maximum atomic E-state index is 12.3. The van der Waals surface area contributed by atoms with E-state index >= 15 is 0 Å². The van der Waals surface area contributed by atoms with Gasteiger partial charge in [0.2, 0.25) is 5.91 Å². The summed E-state index contributed by atoms with van der Waals surface area (Å²) in [6, 6.07) is 0.